The maximum absolute atomic E-state index is 11.3. The average molecular weight is 234 g/mol. The van der Waals surface area contributed by atoms with Crippen LogP contribution in [-0.2, 0) is 4.79 Å². The van der Waals surface area contributed by atoms with E-state index in [9.17, 15) is 4.79 Å². The van der Waals surface area contributed by atoms with E-state index in [1.807, 2.05) is 19.9 Å². The molecule has 0 saturated carbocycles. The Hall–Kier alpha value is -1.11. The van der Waals surface area contributed by atoms with Gasteiger partial charge >= 0.3 is 0 Å². The third-order valence-corrected chi connectivity index (χ3v) is 2.63. The molecule has 0 aliphatic heterocycles. The summed E-state index contributed by atoms with van der Waals surface area (Å²) in [5, 5.41) is 0. The van der Waals surface area contributed by atoms with Crippen LogP contribution in [0.5, 0.6) is 0 Å². The van der Waals surface area contributed by atoms with Gasteiger partial charge in [0.25, 0.3) is 0 Å². The first-order valence-electron chi connectivity index (χ1n) is 6.79. The van der Waals surface area contributed by atoms with Gasteiger partial charge in [-0.1, -0.05) is 52.0 Å². The maximum atomic E-state index is 11.3. The molecule has 1 nitrogen and oxygen atoms in total. The molecule has 1 rings (SSSR count). The van der Waals surface area contributed by atoms with E-state index in [4.69, 9.17) is 0 Å². The van der Waals surface area contributed by atoms with E-state index in [-0.39, 0.29) is 5.78 Å². The molecule has 17 heavy (non-hydrogen) atoms. The van der Waals surface area contributed by atoms with Crippen LogP contribution in [-0.4, -0.2) is 5.78 Å². The minimum atomic E-state index is 0.200. The highest BCUT2D eigenvalue weighted by atomic mass is 16.1. The zero-order valence-corrected chi connectivity index (χ0v) is 11.7. The minimum Gasteiger partial charge on any atom is -0.290 e. The highest BCUT2D eigenvalue weighted by Gasteiger charge is 2.10. The van der Waals surface area contributed by atoms with Crippen LogP contribution in [0.3, 0.4) is 0 Å². The zero-order chi connectivity index (χ0) is 13.1. The molecule has 0 heterocycles. The summed E-state index contributed by atoms with van der Waals surface area (Å²) in [6.45, 7) is 8.37. The van der Waals surface area contributed by atoms with Gasteiger partial charge in [0.15, 0.2) is 5.78 Å². The van der Waals surface area contributed by atoms with E-state index in [1.165, 1.54) is 0 Å². The SMILES string of the molecule is CC.CC/C=C\CC(C)C/C=C1\CC=CC1=O. The topological polar surface area (TPSA) is 17.1 Å². The molecule has 1 heteroatoms. The lowest BCUT2D eigenvalue weighted by Crippen LogP contribution is -1.95. The van der Waals surface area contributed by atoms with Gasteiger partial charge in [0.2, 0.25) is 0 Å². The molecule has 0 aromatic carbocycles. The molecule has 0 bridgehead atoms. The van der Waals surface area contributed by atoms with Crippen LogP contribution in [0.15, 0.2) is 36.0 Å². The van der Waals surface area contributed by atoms with Crippen molar-refractivity contribution in [3.05, 3.63) is 36.0 Å². The van der Waals surface area contributed by atoms with Gasteiger partial charge in [0, 0.05) is 0 Å². The fourth-order valence-corrected chi connectivity index (χ4v) is 1.62. The fourth-order valence-electron chi connectivity index (χ4n) is 1.62. The van der Waals surface area contributed by atoms with Crippen molar-refractivity contribution in [2.24, 2.45) is 5.92 Å². The molecule has 96 valence electrons. The van der Waals surface area contributed by atoms with Crippen molar-refractivity contribution in [1.29, 1.82) is 0 Å². The van der Waals surface area contributed by atoms with Crippen LogP contribution in [0.4, 0.5) is 0 Å². The van der Waals surface area contributed by atoms with Crippen molar-refractivity contribution in [3.8, 4) is 0 Å². The fraction of sp³-hybridized carbons (Fsp3) is 0.562. The summed E-state index contributed by atoms with van der Waals surface area (Å²) >= 11 is 0. The lowest BCUT2D eigenvalue weighted by atomic mass is 10.0. The molecular weight excluding hydrogens is 208 g/mol. The van der Waals surface area contributed by atoms with Crippen LogP contribution in [0.25, 0.3) is 0 Å². The van der Waals surface area contributed by atoms with Crippen molar-refractivity contribution in [2.45, 2.75) is 53.4 Å². The molecule has 0 N–H and O–H groups in total. The molecule has 0 fully saturated rings. The molecular formula is C16H26O. The van der Waals surface area contributed by atoms with Gasteiger partial charge in [-0.25, -0.2) is 0 Å². The summed E-state index contributed by atoms with van der Waals surface area (Å²) in [6.07, 6.45) is 14.2. The van der Waals surface area contributed by atoms with Gasteiger partial charge in [-0.15, -0.1) is 0 Å². The maximum Gasteiger partial charge on any atom is 0.181 e. The predicted molar refractivity (Wildman–Crippen MR) is 76.0 cm³/mol. The minimum absolute atomic E-state index is 0.200. The van der Waals surface area contributed by atoms with Gasteiger partial charge in [0.1, 0.15) is 0 Å². The predicted octanol–water partition coefficient (Wildman–Crippen LogP) is 4.85. The second-order valence-corrected chi connectivity index (χ2v) is 4.16. The summed E-state index contributed by atoms with van der Waals surface area (Å²) in [6, 6.07) is 0. The molecule has 1 unspecified atom stereocenters. The van der Waals surface area contributed by atoms with Gasteiger partial charge in [0.05, 0.1) is 0 Å². The first-order chi connectivity index (χ1) is 8.24. The van der Waals surface area contributed by atoms with Crippen LogP contribution in [0, 0.1) is 5.92 Å². The van der Waals surface area contributed by atoms with Crippen LogP contribution in [0.1, 0.15) is 53.4 Å². The second kappa shape index (κ2) is 10.1. The Labute approximate surface area is 106 Å². The van der Waals surface area contributed by atoms with Gasteiger partial charge < -0.3 is 0 Å². The normalized spacial score (nSPS) is 18.6. The Bertz CT molecular complexity index is 295. The van der Waals surface area contributed by atoms with Crippen molar-refractivity contribution in [2.75, 3.05) is 0 Å². The van der Waals surface area contributed by atoms with E-state index in [2.05, 4.69) is 32.1 Å². The number of hydrogen-bond donors (Lipinski definition) is 0. The summed E-state index contributed by atoms with van der Waals surface area (Å²) in [5.74, 6) is 0.833. The quantitative estimate of drug-likeness (QED) is 0.491. The molecule has 0 amide bonds. The first-order valence-corrected chi connectivity index (χ1v) is 6.79. The Kier molecular flexibility index (Phi) is 9.41. The zero-order valence-electron chi connectivity index (χ0n) is 11.7. The van der Waals surface area contributed by atoms with E-state index in [0.29, 0.717) is 5.92 Å². The number of hydrogen-bond acceptors (Lipinski definition) is 1. The molecule has 0 spiro atoms. The third kappa shape index (κ3) is 6.93. The number of ketones is 1. The van der Waals surface area contributed by atoms with Crippen molar-refractivity contribution in [1.82, 2.24) is 0 Å². The lowest BCUT2D eigenvalue weighted by molar-refractivity contribution is -0.111. The molecule has 1 atom stereocenters. The molecule has 1 aliphatic rings. The molecule has 1 aliphatic carbocycles. The Morgan fingerprint density at radius 1 is 1.29 bits per heavy atom. The summed E-state index contributed by atoms with van der Waals surface area (Å²) in [4.78, 5) is 11.3. The van der Waals surface area contributed by atoms with Crippen LogP contribution < -0.4 is 0 Å². The molecule has 0 aromatic rings. The Morgan fingerprint density at radius 3 is 2.53 bits per heavy atom. The van der Waals surface area contributed by atoms with Crippen LogP contribution in [0.2, 0.25) is 0 Å². The second-order valence-electron chi connectivity index (χ2n) is 4.16. The number of carbonyl (C=O) groups excluding carboxylic acids is 1. The van der Waals surface area contributed by atoms with Crippen molar-refractivity contribution >= 4 is 5.78 Å². The number of carbonyl (C=O) groups is 1. The van der Waals surface area contributed by atoms with E-state index >= 15 is 0 Å². The first kappa shape index (κ1) is 15.9. The van der Waals surface area contributed by atoms with E-state index in [0.717, 1.165) is 31.3 Å². The summed E-state index contributed by atoms with van der Waals surface area (Å²) in [7, 11) is 0. The number of allylic oxidation sites excluding steroid dienone is 6. The third-order valence-electron chi connectivity index (χ3n) is 2.63. The summed E-state index contributed by atoms with van der Waals surface area (Å²) in [5.41, 5.74) is 0.973. The average Bonchev–Trinajstić information content (AvgIpc) is 2.75. The van der Waals surface area contributed by atoms with Gasteiger partial charge in [-0.3, -0.25) is 4.79 Å². The van der Waals surface area contributed by atoms with Crippen molar-refractivity contribution < 1.29 is 4.79 Å². The van der Waals surface area contributed by atoms with Gasteiger partial charge in [-0.05, 0) is 43.3 Å². The monoisotopic (exact) mass is 234 g/mol. The standard InChI is InChI=1S/C14H20O.C2H6/c1-3-4-5-7-12(2)10-11-13-8-6-9-14(13)15;1-2/h4-6,9,11-12H,3,7-8,10H2,1-2H3;1-2H3/b5-4-,13-11+;. The highest BCUT2D eigenvalue weighted by molar-refractivity contribution is 6.06. The molecule has 0 aromatic heterocycles. The largest absolute Gasteiger partial charge is 0.290 e. The van der Waals surface area contributed by atoms with Gasteiger partial charge in [-0.2, -0.15) is 0 Å². The lowest BCUT2D eigenvalue weighted by Gasteiger charge is -2.05. The van der Waals surface area contributed by atoms with E-state index in [1.54, 1.807) is 6.08 Å². The summed E-state index contributed by atoms with van der Waals surface area (Å²) < 4.78 is 0. The number of rotatable bonds is 5. The highest BCUT2D eigenvalue weighted by Crippen LogP contribution is 2.17. The molecule has 0 radical (unpaired) electrons. The Balaban J connectivity index is 0.00000121. The molecule has 0 saturated heterocycles. The smallest absolute Gasteiger partial charge is 0.181 e. The Morgan fingerprint density at radius 2 is 2.00 bits per heavy atom. The van der Waals surface area contributed by atoms with Crippen LogP contribution >= 0.6 is 0 Å². The van der Waals surface area contributed by atoms with Crippen molar-refractivity contribution in [3.63, 3.8) is 0 Å². The van der Waals surface area contributed by atoms with E-state index < -0.39 is 0 Å².